The van der Waals surface area contributed by atoms with Crippen molar-refractivity contribution in [1.82, 2.24) is 4.90 Å². The number of rotatable bonds is 10. The Morgan fingerprint density at radius 1 is 0.942 bits per heavy atom. The minimum atomic E-state index is -1.50. The van der Waals surface area contributed by atoms with E-state index >= 15 is 4.79 Å². The van der Waals surface area contributed by atoms with Gasteiger partial charge in [-0.15, -0.1) is 0 Å². The molecule has 1 saturated carbocycles. The van der Waals surface area contributed by atoms with E-state index < -0.39 is 52.8 Å². The standard InChI is InChI=1S/C39H35Br2ClN2O8/c1-52-28-19-26(32(40)33(41)34(28)47)31-23-14-15-24-30(37(50)43(35(24)48)16-7-3-6-13-29(45)46)25(23)18-27-36(49)44(22-12-8-11-21(42)17-22)38(51)39(27,31)20-9-4-2-5-10-20/h2,4-5,8-12,14,17,19,24-25,27,30-31,47H,3,6-7,13,15-16,18H2,1H3,(H,45,46). The highest BCUT2D eigenvalue weighted by molar-refractivity contribution is 9.13. The molecule has 0 bridgehead atoms. The van der Waals surface area contributed by atoms with E-state index in [1.165, 1.54) is 16.9 Å². The zero-order valence-corrected chi connectivity index (χ0v) is 32.0. The van der Waals surface area contributed by atoms with E-state index in [-0.39, 0.29) is 49.1 Å². The van der Waals surface area contributed by atoms with Gasteiger partial charge in [-0.2, -0.15) is 0 Å². The van der Waals surface area contributed by atoms with E-state index in [1.54, 1.807) is 30.3 Å². The molecule has 0 spiro atoms. The molecule has 4 aliphatic rings. The molecule has 52 heavy (non-hydrogen) atoms. The van der Waals surface area contributed by atoms with Gasteiger partial charge >= 0.3 is 5.97 Å². The number of ether oxygens (including phenoxy) is 1. The average molecular weight is 855 g/mol. The van der Waals surface area contributed by atoms with Crippen molar-refractivity contribution in [2.45, 2.75) is 49.9 Å². The lowest BCUT2D eigenvalue weighted by atomic mass is 9.49. The van der Waals surface area contributed by atoms with Crippen LogP contribution in [0.4, 0.5) is 5.69 Å². The Morgan fingerprint density at radius 2 is 1.69 bits per heavy atom. The predicted molar refractivity (Wildman–Crippen MR) is 199 cm³/mol. The van der Waals surface area contributed by atoms with Crippen molar-refractivity contribution in [1.29, 1.82) is 0 Å². The van der Waals surface area contributed by atoms with Gasteiger partial charge in [0.2, 0.25) is 23.6 Å². The number of unbranched alkanes of at least 4 members (excludes halogenated alkanes) is 2. The molecule has 2 heterocycles. The highest BCUT2D eigenvalue weighted by Gasteiger charge is 2.70. The number of carbonyl (C=O) groups is 5. The molecular formula is C39H35Br2ClN2O8. The predicted octanol–water partition coefficient (Wildman–Crippen LogP) is 7.39. The van der Waals surface area contributed by atoms with Crippen LogP contribution in [0.15, 0.2) is 81.3 Å². The zero-order chi connectivity index (χ0) is 37.1. The Labute approximate surface area is 322 Å². The third-order valence-corrected chi connectivity index (χ3v) is 13.6. The zero-order valence-electron chi connectivity index (χ0n) is 28.1. The van der Waals surface area contributed by atoms with Crippen LogP contribution in [0.2, 0.25) is 5.02 Å². The number of phenols is 1. The number of carboxylic acid groups (broad SMARTS) is 1. The number of nitrogens with zero attached hydrogens (tertiary/aromatic N) is 2. The molecule has 270 valence electrons. The number of halogens is 3. The average Bonchev–Trinajstić information content (AvgIpc) is 3.51. The molecule has 13 heteroatoms. The van der Waals surface area contributed by atoms with Gasteiger partial charge in [0.1, 0.15) is 0 Å². The van der Waals surface area contributed by atoms with Gasteiger partial charge in [0.25, 0.3) is 0 Å². The molecular weight excluding hydrogens is 820 g/mol. The summed E-state index contributed by atoms with van der Waals surface area (Å²) in [4.78, 5) is 72.0. The smallest absolute Gasteiger partial charge is 0.303 e. The molecule has 0 radical (unpaired) electrons. The summed E-state index contributed by atoms with van der Waals surface area (Å²) < 4.78 is 6.34. The summed E-state index contributed by atoms with van der Waals surface area (Å²) in [6, 6.07) is 17.4. The number of carbonyl (C=O) groups excluding carboxylic acids is 4. The first-order valence-electron chi connectivity index (χ1n) is 17.1. The van der Waals surface area contributed by atoms with Crippen molar-refractivity contribution in [3.05, 3.63) is 97.4 Å². The Balaban J connectivity index is 1.42. The van der Waals surface area contributed by atoms with Crippen molar-refractivity contribution in [3.63, 3.8) is 0 Å². The first-order valence-corrected chi connectivity index (χ1v) is 19.1. The number of aliphatic carboxylic acids is 1. The lowest BCUT2D eigenvalue weighted by Crippen LogP contribution is -2.53. The lowest BCUT2D eigenvalue weighted by molar-refractivity contribution is -0.141. The minimum absolute atomic E-state index is 0.0150. The maximum atomic E-state index is 15.4. The highest BCUT2D eigenvalue weighted by atomic mass is 79.9. The maximum Gasteiger partial charge on any atom is 0.303 e. The van der Waals surface area contributed by atoms with Gasteiger partial charge in [0, 0.05) is 28.4 Å². The SMILES string of the molecule is COc1cc(C2C3=CCC4C(=O)N(CCCCCC(=O)O)C(=O)C4C3CC3C(=O)N(c4cccc(Cl)c4)C(=O)C32c2ccccc2)c(Br)c(Br)c1O. The Morgan fingerprint density at radius 3 is 2.38 bits per heavy atom. The number of carboxylic acids is 1. The molecule has 3 aromatic carbocycles. The van der Waals surface area contributed by atoms with Crippen LogP contribution in [0.3, 0.4) is 0 Å². The topological polar surface area (TPSA) is 142 Å². The van der Waals surface area contributed by atoms with Crippen LogP contribution >= 0.6 is 43.5 Å². The van der Waals surface area contributed by atoms with Crippen LogP contribution in [0.1, 0.15) is 55.6 Å². The van der Waals surface area contributed by atoms with Crippen LogP contribution in [0, 0.1) is 23.7 Å². The number of imide groups is 2. The van der Waals surface area contributed by atoms with Crippen LogP contribution < -0.4 is 9.64 Å². The van der Waals surface area contributed by atoms with Gasteiger partial charge in [-0.1, -0.05) is 66.1 Å². The van der Waals surface area contributed by atoms with Crippen molar-refractivity contribution >= 4 is 78.7 Å². The fraction of sp³-hybridized carbons (Fsp3) is 0.359. The minimum Gasteiger partial charge on any atom is -0.503 e. The molecule has 7 rings (SSSR count). The van der Waals surface area contributed by atoms with E-state index in [9.17, 15) is 24.3 Å². The monoisotopic (exact) mass is 852 g/mol. The highest BCUT2D eigenvalue weighted by Crippen LogP contribution is 2.66. The summed E-state index contributed by atoms with van der Waals surface area (Å²) in [5, 5.41) is 20.4. The van der Waals surface area contributed by atoms with E-state index in [1.807, 2.05) is 36.4 Å². The van der Waals surface area contributed by atoms with Gasteiger partial charge in [-0.3, -0.25) is 28.9 Å². The van der Waals surface area contributed by atoms with Crippen molar-refractivity contribution in [2.24, 2.45) is 23.7 Å². The van der Waals surface area contributed by atoms with Crippen LogP contribution in [-0.2, 0) is 29.4 Å². The third-order valence-electron chi connectivity index (χ3n) is 11.2. The first-order chi connectivity index (χ1) is 24.9. The molecule has 3 aromatic rings. The molecule has 6 atom stereocenters. The number of hydrogen-bond donors (Lipinski definition) is 2. The van der Waals surface area contributed by atoms with Crippen molar-refractivity contribution < 1.29 is 38.9 Å². The summed E-state index contributed by atoms with van der Waals surface area (Å²) in [6.45, 7) is 0.181. The molecule has 3 fully saturated rings. The molecule has 2 aliphatic heterocycles. The molecule has 0 aromatic heterocycles. The number of allylic oxidation sites excluding steroid dienone is 2. The summed E-state index contributed by atoms with van der Waals surface area (Å²) in [7, 11) is 1.42. The molecule has 4 amide bonds. The molecule has 2 saturated heterocycles. The van der Waals surface area contributed by atoms with E-state index in [0.717, 1.165) is 5.57 Å². The maximum absolute atomic E-state index is 15.4. The molecule has 2 N–H and O–H groups in total. The van der Waals surface area contributed by atoms with Crippen LogP contribution in [0.25, 0.3) is 0 Å². The number of benzene rings is 3. The first kappa shape index (κ1) is 36.4. The summed E-state index contributed by atoms with van der Waals surface area (Å²) in [5.74, 6) is -6.13. The van der Waals surface area contributed by atoms with Gasteiger partial charge in [0.05, 0.1) is 40.4 Å². The fourth-order valence-corrected chi connectivity index (χ4v) is 10.2. The Bertz CT molecular complexity index is 2040. The number of aromatic hydroxyl groups is 1. The van der Waals surface area contributed by atoms with E-state index in [2.05, 4.69) is 31.9 Å². The van der Waals surface area contributed by atoms with Crippen LogP contribution in [-0.4, -0.2) is 58.4 Å². The van der Waals surface area contributed by atoms with Gasteiger partial charge in [-0.05, 0) is 98.9 Å². The number of hydrogen-bond acceptors (Lipinski definition) is 7. The summed E-state index contributed by atoms with van der Waals surface area (Å²) in [6.07, 6.45) is 3.86. The number of anilines is 1. The van der Waals surface area contributed by atoms with Gasteiger partial charge in [0.15, 0.2) is 11.5 Å². The Hall–Kier alpha value is -4.00. The second kappa shape index (κ2) is 14.1. The second-order valence-corrected chi connectivity index (χ2v) is 15.8. The van der Waals surface area contributed by atoms with Crippen molar-refractivity contribution in [2.75, 3.05) is 18.6 Å². The Kier molecular flexibility index (Phi) is 9.86. The number of methoxy groups -OCH3 is 1. The molecule has 6 unspecified atom stereocenters. The molecule has 10 nitrogen and oxygen atoms in total. The number of amides is 4. The number of phenolic OH excluding ortho intramolecular Hbond substituents is 1. The quantitative estimate of drug-likeness (QED) is 0.122. The normalized spacial score (nSPS) is 26.6. The number of fused-ring (bicyclic) bond motifs is 4. The van der Waals surface area contributed by atoms with Gasteiger partial charge in [-0.25, -0.2) is 4.90 Å². The van der Waals surface area contributed by atoms with E-state index in [4.69, 9.17) is 21.4 Å². The second-order valence-electron chi connectivity index (χ2n) is 13.8. The third kappa shape index (κ3) is 5.60. The summed E-state index contributed by atoms with van der Waals surface area (Å²) >= 11 is 13.6. The van der Waals surface area contributed by atoms with E-state index in [0.29, 0.717) is 50.0 Å². The largest absolute Gasteiger partial charge is 0.503 e. The number of likely N-dealkylation sites (tertiary alicyclic amines) is 1. The van der Waals surface area contributed by atoms with Gasteiger partial charge < -0.3 is 14.9 Å². The molecule has 2 aliphatic carbocycles. The fourth-order valence-electron chi connectivity index (χ4n) is 9.07. The van der Waals surface area contributed by atoms with Crippen molar-refractivity contribution in [3.8, 4) is 11.5 Å². The van der Waals surface area contributed by atoms with Crippen LogP contribution in [0.5, 0.6) is 11.5 Å². The lowest BCUT2D eigenvalue weighted by Gasteiger charge is -2.51. The summed E-state index contributed by atoms with van der Waals surface area (Å²) in [5.41, 5.74) is 0.757.